The first kappa shape index (κ1) is 18.5. The number of rotatable bonds is 6. The van der Waals surface area contributed by atoms with Crippen LogP contribution < -0.4 is 14.2 Å². The Labute approximate surface area is 151 Å². The highest BCUT2D eigenvalue weighted by Crippen LogP contribution is 2.27. The number of hydrogen-bond acceptors (Lipinski definition) is 6. The molecule has 9 heteroatoms. The Morgan fingerprint density at radius 3 is 2.62 bits per heavy atom. The summed E-state index contributed by atoms with van der Waals surface area (Å²) in [5.41, 5.74) is 0. The molecule has 1 aromatic carbocycles. The third-order valence-electron chi connectivity index (χ3n) is 4.24. The fourth-order valence-electron chi connectivity index (χ4n) is 2.96. The molecule has 1 fully saturated rings. The fourth-order valence-corrected chi connectivity index (χ4v) is 4.44. The van der Waals surface area contributed by atoms with Crippen LogP contribution in [-0.2, 0) is 10.0 Å². The van der Waals surface area contributed by atoms with Gasteiger partial charge < -0.3 is 9.47 Å². The van der Waals surface area contributed by atoms with E-state index >= 15 is 0 Å². The van der Waals surface area contributed by atoms with Crippen LogP contribution in [0.1, 0.15) is 25.7 Å². The number of sulfonamides is 1. The van der Waals surface area contributed by atoms with Crippen molar-refractivity contribution in [3.8, 4) is 11.6 Å². The number of nitrogens with zero attached hydrogens (tertiary/aromatic N) is 2. The monoisotopic (exact) mass is 381 g/mol. The van der Waals surface area contributed by atoms with Crippen molar-refractivity contribution in [3.05, 3.63) is 42.6 Å². The molecular formula is C17H20FN3O4S. The summed E-state index contributed by atoms with van der Waals surface area (Å²) in [5, 5.41) is 0. The van der Waals surface area contributed by atoms with Crippen LogP contribution in [0.4, 0.5) is 4.39 Å². The van der Waals surface area contributed by atoms with Crippen LogP contribution in [0.5, 0.6) is 11.6 Å². The SMILES string of the molecule is COc1ccc(F)cc1S(=O)(=O)NC1CCC(Oc2cnccn2)CC1. The van der Waals surface area contributed by atoms with Gasteiger partial charge in [-0.3, -0.25) is 4.98 Å². The zero-order valence-electron chi connectivity index (χ0n) is 14.3. The van der Waals surface area contributed by atoms with Gasteiger partial charge in [0, 0.05) is 18.4 Å². The second kappa shape index (κ2) is 7.96. The summed E-state index contributed by atoms with van der Waals surface area (Å²) in [5.74, 6) is -0.0631. The third kappa shape index (κ3) is 4.47. The minimum absolute atomic E-state index is 0.0313. The van der Waals surface area contributed by atoms with E-state index in [2.05, 4.69) is 14.7 Å². The highest BCUT2D eigenvalue weighted by molar-refractivity contribution is 7.89. The molecule has 0 saturated heterocycles. The van der Waals surface area contributed by atoms with Gasteiger partial charge in [-0.25, -0.2) is 22.5 Å². The van der Waals surface area contributed by atoms with Crippen molar-refractivity contribution in [2.75, 3.05) is 7.11 Å². The van der Waals surface area contributed by atoms with Gasteiger partial charge in [-0.1, -0.05) is 0 Å². The van der Waals surface area contributed by atoms with E-state index < -0.39 is 15.8 Å². The normalized spacial score (nSPS) is 20.5. The van der Waals surface area contributed by atoms with E-state index in [1.807, 2.05) is 0 Å². The Balaban J connectivity index is 1.61. The van der Waals surface area contributed by atoms with Gasteiger partial charge in [0.1, 0.15) is 22.6 Å². The lowest BCUT2D eigenvalue weighted by atomic mass is 9.94. The van der Waals surface area contributed by atoms with Crippen molar-refractivity contribution < 1.29 is 22.3 Å². The van der Waals surface area contributed by atoms with E-state index in [9.17, 15) is 12.8 Å². The third-order valence-corrected chi connectivity index (χ3v) is 5.78. The Bertz CT molecular complexity index is 840. The summed E-state index contributed by atoms with van der Waals surface area (Å²) in [7, 11) is -2.53. The smallest absolute Gasteiger partial charge is 0.244 e. The average molecular weight is 381 g/mol. The standard InChI is InChI=1S/C17H20FN3O4S/c1-24-15-7-2-12(18)10-16(15)26(22,23)21-13-3-5-14(6-4-13)25-17-11-19-8-9-20-17/h2,7-11,13-14,21H,3-6H2,1H3. The Hall–Kier alpha value is -2.26. The van der Waals surface area contributed by atoms with Crippen LogP contribution in [0.25, 0.3) is 0 Å². The predicted octanol–water partition coefficient (Wildman–Crippen LogP) is 2.29. The van der Waals surface area contributed by atoms with Crippen LogP contribution in [0, 0.1) is 5.82 Å². The van der Waals surface area contributed by atoms with Crippen LogP contribution in [-0.4, -0.2) is 37.6 Å². The summed E-state index contributed by atoms with van der Waals surface area (Å²) in [6.07, 6.45) is 7.24. The van der Waals surface area contributed by atoms with Crippen LogP contribution in [0.15, 0.2) is 41.7 Å². The molecule has 1 N–H and O–H groups in total. The van der Waals surface area contributed by atoms with E-state index in [0.717, 1.165) is 12.1 Å². The fraction of sp³-hybridized carbons (Fsp3) is 0.412. The van der Waals surface area contributed by atoms with Crippen molar-refractivity contribution >= 4 is 10.0 Å². The zero-order valence-corrected chi connectivity index (χ0v) is 15.1. The van der Waals surface area contributed by atoms with Crippen LogP contribution in [0.2, 0.25) is 0 Å². The molecule has 1 heterocycles. The lowest BCUT2D eigenvalue weighted by molar-refractivity contribution is 0.138. The molecule has 0 spiro atoms. The van der Waals surface area contributed by atoms with Gasteiger partial charge in [-0.2, -0.15) is 0 Å². The average Bonchev–Trinajstić information content (AvgIpc) is 2.64. The molecule has 2 aromatic rings. The number of hydrogen-bond donors (Lipinski definition) is 1. The van der Waals surface area contributed by atoms with Gasteiger partial charge in [0.05, 0.1) is 13.3 Å². The first-order chi connectivity index (χ1) is 12.5. The number of methoxy groups -OCH3 is 1. The molecule has 26 heavy (non-hydrogen) atoms. The molecule has 3 rings (SSSR count). The molecule has 1 aliphatic rings. The summed E-state index contributed by atoms with van der Waals surface area (Å²) in [6, 6.07) is 3.18. The maximum absolute atomic E-state index is 13.5. The Morgan fingerprint density at radius 2 is 1.96 bits per heavy atom. The van der Waals surface area contributed by atoms with Crippen molar-refractivity contribution in [2.24, 2.45) is 0 Å². The summed E-state index contributed by atoms with van der Waals surface area (Å²) >= 11 is 0. The molecule has 0 atom stereocenters. The van der Waals surface area contributed by atoms with Crippen molar-refractivity contribution in [2.45, 2.75) is 42.7 Å². The maximum Gasteiger partial charge on any atom is 0.244 e. The quantitative estimate of drug-likeness (QED) is 0.826. The minimum atomic E-state index is -3.88. The molecule has 0 amide bonds. The van der Waals surface area contributed by atoms with Crippen LogP contribution in [0.3, 0.4) is 0 Å². The van der Waals surface area contributed by atoms with Crippen molar-refractivity contribution in [1.82, 2.24) is 14.7 Å². The van der Waals surface area contributed by atoms with E-state index in [1.165, 1.54) is 13.2 Å². The molecule has 1 saturated carbocycles. The number of nitrogens with one attached hydrogen (secondary N) is 1. The molecule has 7 nitrogen and oxygen atoms in total. The van der Waals surface area contributed by atoms with Crippen molar-refractivity contribution in [3.63, 3.8) is 0 Å². The van der Waals surface area contributed by atoms with Crippen molar-refractivity contribution in [1.29, 1.82) is 0 Å². The highest BCUT2D eigenvalue weighted by atomic mass is 32.2. The van der Waals surface area contributed by atoms with E-state index in [-0.39, 0.29) is 22.8 Å². The summed E-state index contributed by atoms with van der Waals surface area (Å²) in [4.78, 5) is 7.83. The molecule has 0 bridgehead atoms. The zero-order chi connectivity index (χ0) is 18.6. The van der Waals surface area contributed by atoms with Gasteiger partial charge in [0.25, 0.3) is 0 Å². The van der Waals surface area contributed by atoms with Gasteiger partial charge in [0.2, 0.25) is 15.9 Å². The largest absolute Gasteiger partial charge is 0.495 e. The molecular weight excluding hydrogens is 361 g/mol. The first-order valence-electron chi connectivity index (χ1n) is 8.26. The van der Waals surface area contributed by atoms with E-state index in [1.54, 1.807) is 18.6 Å². The summed E-state index contributed by atoms with van der Waals surface area (Å²) < 4.78 is 52.1. The lowest BCUT2D eigenvalue weighted by Crippen LogP contribution is -2.39. The lowest BCUT2D eigenvalue weighted by Gasteiger charge is -2.29. The van der Waals surface area contributed by atoms with Gasteiger partial charge in [-0.05, 0) is 43.9 Å². The Morgan fingerprint density at radius 1 is 1.19 bits per heavy atom. The Kier molecular flexibility index (Phi) is 5.67. The van der Waals surface area contributed by atoms with E-state index in [4.69, 9.17) is 9.47 Å². The van der Waals surface area contributed by atoms with Gasteiger partial charge >= 0.3 is 0 Å². The number of benzene rings is 1. The number of ether oxygens (including phenoxy) is 2. The predicted molar refractivity (Wildman–Crippen MR) is 92.0 cm³/mol. The van der Waals surface area contributed by atoms with Gasteiger partial charge in [-0.15, -0.1) is 0 Å². The molecule has 1 aromatic heterocycles. The molecule has 0 unspecified atom stereocenters. The van der Waals surface area contributed by atoms with E-state index in [0.29, 0.717) is 31.6 Å². The molecule has 0 aliphatic heterocycles. The molecule has 1 aliphatic carbocycles. The van der Waals surface area contributed by atoms with Gasteiger partial charge in [0.15, 0.2) is 0 Å². The van der Waals surface area contributed by atoms with Crippen LogP contribution >= 0.6 is 0 Å². The number of aromatic nitrogens is 2. The summed E-state index contributed by atoms with van der Waals surface area (Å²) in [6.45, 7) is 0. The minimum Gasteiger partial charge on any atom is -0.495 e. The highest BCUT2D eigenvalue weighted by Gasteiger charge is 2.28. The molecule has 0 radical (unpaired) electrons. The topological polar surface area (TPSA) is 90.4 Å². The first-order valence-corrected chi connectivity index (χ1v) is 9.75. The molecule has 140 valence electrons. The second-order valence-electron chi connectivity index (χ2n) is 6.05. The number of halogens is 1. The maximum atomic E-state index is 13.5. The second-order valence-corrected chi connectivity index (χ2v) is 7.73.